The maximum absolute atomic E-state index is 13.8. The van der Waals surface area contributed by atoms with E-state index in [-0.39, 0.29) is 5.56 Å². The molecule has 2 rings (SSSR count). The molecular weight excluding hydrogens is 349 g/mol. The molecule has 1 atom stereocenters. The molecule has 0 saturated carbocycles. The van der Waals surface area contributed by atoms with E-state index in [0.717, 1.165) is 15.2 Å². The standard InChI is InChI=1S/C13H11F2IN2/c14-10-6-3-5-9(12(10)15)13(18-17)8-4-1-2-7-11(8)16/h1-7,13,18H,17H2. The fraction of sp³-hybridized carbons (Fsp3) is 0.0769. The predicted molar refractivity (Wildman–Crippen MR) is 74.7 cm³/mol. The van der Waals surface area contributed by atoms with Gasteiger partial charge in [-0.3, -0.25) is 5.84 Å². The topological polar surface area (TPSA) is 38.0 Å². The second-order valence-corrected chi connectivity index (χ2v) is 4.93. The van der Waals surface area contributed by atoms with Gasteiger partial charge in [-0.1, -0.05) is 30.3 Å². The van der Waals surface area contributed by atoms with Gasteiger partial charge in [-0.15, -0.1) is 0 Å². The first kappa shape index (κ1) is 13.4. The fourth-order valence-electron chi connectivity index (χ4n) is 1.80. The Labute approximate surface area is 117 Å². The highest BCUT2D eigenvalue weighted by Gasteiger charge is 2.20. The first-order chi connectivity index (χ1) is 8.65. The number of hydrazine groups is 1. The van der Waals surface area contributed by atoms with Crippen LogP contribution in [0.3, 0.4) is 0 Å². The van der Waals surface area contributed by atoms with Crippen LogP contribution < -0.4 is 11.3 Å². The Kier molecular flexibility index (Phi) is 4.26. The van der Waals surface area contributed by atoms with Crippen LogP contribution in [0, 0.1) is 15.2 Å². The molecule has 2 nitrogen and oxygen atoms in total. The Balaban J connectivity index is 2.53. The van der Waals surface area contributed by atoms with Gasteiger partial charge in [0.05, 0.1) is 6.04 Å². The van der Waals surface area contributed by atoms with E-state index in [1.165, 1.54) is 12.1 Å². The normalized spacial score (nSPS) is 12.4. The lowest BCUT2D eigenvalue weighted by atomic mass is 9.99. The van der Waals surface area contributed by atoms with E-state index in [1.807, 2.05) is 24.3 Å². The number of rotatable bonds is 3. The van der Waals surface area contributed by atoms with Crippen molar-refractivity contribution in [3.8, 4) is 0 Å². The number of hydrogen-bond donors (Lipinski definition) is 2. The van der Waals surface area contributed by atoms with Crippen molar-refractivity contribution in [3.05, 3.63) is 68.8 Å². The van der Waals surface area contributed by atoms with E-state index >= 15 is 0 Å². The highest BCUT2D eigenvalue weighted by molar-refractivity contribution is 14.1. The molecule has 0 aliphatic carbocycles. The molecule has 3 N–H and O–H groups in total. The van der Waals surface area contributed by atoms with Crippen LogP contribution in [0.15, 0.2) is 42.5 Å². The zero-order chi connectivity index (χ0) is 13.1. The molecule has 0 spiro atoms. The molecule has 0 fully saturated rings. The number of benzene rings is 2. The molecule has 0 aliphatic heterocycles. The highest BCUT2D eigenvalue weighted by Crippen LogP contribution is 2.28. The third-order valence-electron chi connectivity index (χ3n) is 2.68. The zero-order valence-electron chi connectivity index (χ0n) is 9.33. The van der Waals surface area contributed by atoms with Crippen molar-refractivity contribution in [2.75, 3.05) is 0 Å². The summed E-state index contributed by atoms with van der Waals surface area (Å²) in [6.07, 6.45) is 0. The summed E-state index contributed by atoms with van der Waals surface area (Å²) in [6.45, 7) is 0. The second kappa shape index (κ2) is 5.73. The van der Waals surface area contributed by atoms with Crippen LogP contribution in [-0.4, -0.2) is 0 Å². The minimum atomic E-state index is -0.876. The van der Waals surface area contributed by atoms with Gasteiger partial charge >= 0.3 is 0 Å². The summed E-state index contributed by atoms with van der Waals surface area (Å²) in [5, 5.41) is 0. The van der Waals surface area contributed by atoms with Crippen molar-refractivity contribution in [1.29, 1.82) is 0 Å². The smallest absolute Gasteiger partial charge is 0.163 e. The molecule has 94 valence electrons. The molecule has 2 aromatic rings. The van der Waals surface area contributed by atoms with E-state index in [1.54, 1.807) is 0 Å². The Hall–Kier alpha value is -1.05. The van der Waals surface area contributed by atoms with Crippen molar-refractivity contribution in [2.45, 2.75) is 6.04 Å². The average Bonchev–Trinajstić information content (AvgIpc) is 2.37. The minimum Gasteiger partial charge on any atom is -0.271 e. The van der Waals surface area contributed by atoms with Gasteiger partial charge < -0.3 is 0 Å². The molecule has 0 radical (unpaired) electrons. The van der Waals surface area contributed by atoms with Gasteiger partial charge in [-0.25, -0.2) is 14.2 Å². The van der Waals surface area contributed by atoms with Crippen molar-refractivity contribution in [3.63, 3.8) is 0 Å². The fourth-order valence-corrected chi connectivity index (χ4v) is 2.50. The highest BCUT2D eigenvalue weighted by atomic mass is 127. The van der Waals surface area contributed by atoms with Crippen LogP contribution >= 0.6 is 22.6 Å². The zero-order valence-corrected chi connectivity index (χ0v) is 11.5. The Bertz CT molecular complexity index is 560. The molecule has 0 aromatic heterocycles. The van der Waals surface area contributed by atoms with Gasteiger partial charge in [0.25, 0.3) is 0 Å². The number of hydrogen-bond acceptors (Lipinski definition) is 2. The quantitative estimate of drug-likeness (QED) is 0.502. The number of nitrogens with two attached hydrogens (primary N) is 1. The summed E-state index contributed by atoms with van der Waals surface area (Å²) in [5.74, 6) is 3.73. The summed E-state index contributed by atoms with van der Waals surface area (Å²) in [4.78, 5) is 0. The molecule has 0 aliphatic rings. The summed E-state index contributed by atoms with van der Waals surface area (Å²) >= 11 is 2.13. The van der Waals surface area contributed by atoms with Crippen LogP contribution in [0.25, 0.3) is 0 Å². The van der Waals surface area contributed by atoms with Crippen molar-refractivity contribution in [2.24, 2.45) is 5.84 Å². The Morgan fingerprint density at radius 1 is 1.00 bits per heavy atom. The van der Waals surface area contributed by atoms with Crippen LogP contribution in [0.2, 0.25) is 0 Å². The Morgan fingerprint density at radius 2 is 1.67 bits per heavy atom. The van der Waals surface area contributed by atoms with Crippen LogP contribution in [0.4, 0.5) is 8.78 Å². The maximum Gasteiger partial charge on any atom is 0.163 e. The molecule has 0 amide bonds. The number of nitrogens with one attached hydrogen (secondary N) is 1. The van der Waals surface area contributed by atoms with Gasteiger partial charge in [-0.05, 0) is 40.3 Å². The molecule has 0 heterocycles. The largest absolute Gasteiger partial charge is 0.271 e. The monoisotopic (exact) mass is 360 g/mol. The van der Waals surface area contributed by atoms with Gasteiger partial charge in [-0.2, -0.15) is 0 Å². The van der Waals surface area contributed by atoms with E-state index < -0.39 is 17.7 Å². The van der Waals surface area contributed by atoms with Crippen molar-refractivity contribution in [1.82, 2.24) is 5.43 Å². The summed E-state index contributed by atoms with van der Waals surface area (Å²) < 4.78 is 28.0. The summed E-state index contributed by atoms with van der Waals surface area (Å²) in [6, 6.07) is 10.9. The lowest BCUT2D eigenvalue weighted by Gasteiger charge is -2.19. The third kappa shape index (κ3) is 2.52. The first-order valence-corrected chi connectivity index (χ1v) is 6.37. The number of halogens is 3. The lowest BCUT2D eigenvalue weighted by Crippen LogP contribution is -2.30. The molecule has 18 heavy (non-hydrogen) atoms. The predicted octanol–water partition coefficient (Wildman–Crippen LogP) is 3.12. The first-order valence-electron chi connectivity index (χ1n) is 5.29. The van der Waals surface area contributed by atoms with E-state index in [9.17, 15) is 8.78 Å². The molecule has 2 aromatic carbocycles. The lowest BCUT2D eigenvalue weighted by molar-refractivity contribution is 0.483. The van der Waals surface area contributed by atoms with Gasteiger partial charge in [0.2, 0.25) is 0 Å². The second-order valence-electron chi connectivity index (χ2n) is 3.76. The van der Waals surface area contributed by atoms with Crippen LogP contribution in [-0.2, 0) is 0 Å². The van der Waals surface area contributed by atoms with Crippen LogP contribution in [0.5, 0.6) is 0 Å². The Morgan fingerprint density at radius 3 is 2.33 bits per heavy atom. The molecule has 0 bridgehead atoms. The molecule has 5 heteroatoms. The average molecular weight is 360 g/mol. The minimum absolute atomic E-state index is 0.196. The van der Waals surface area contributed by atoms with Gasteiger partial charge in [0.15, 0.2) is 11.6 Å². The molecular formula is C13H11F2IN2. The SMILES string of the molecule is NNC(c1ccccc1I)c1cccc(F)c1F. The molecule has 1 unspecified atom stereocenters. The van der Waals surface area contributed by atoms with Crippen molar-refractivity contribution < 1.29 is 8.78 Å². The van der Waals surface area contributed by atoms with E-state index in [4.69, 9.17) is 5.84 Å². The maximum atomic E-state index is 13.8. The van der Waals surface area contributed by atoms with Gasteiger partial charge in [0, 0.05) is 9.13 Å². The van der Waals surface area contributed by atoms with Gasteiger partial charge in [0.1, 0.15) is 0 Å². The van der Waals surface area contributed by atoms with Crippen LogP contribution in [0.1, 0.15) is 17.2 Å². The summed E-state index contributed by atoms with van der Waals surface area (Å²) in [5.41, 5.74) is 3.54. The van der Waals surface area contributed by atoms with E-state index in [0.29, 0.717) is 0 Å². The third-order valence-corrected chi connectivity index (χ3v) is 3.66. The molecule has 0 saturated heterocycles. The van der Waals surface area contributed by atoms with E-state index in [2.05, 4.69) is 28.0 Å². The summed E-state index contributed by atoms with van der Waals surface area (Å²) in [7, 11) is 0. The van der Waals surface area contributed by atoms with Crippen molar-refractivity contribution >= 4 is 22.6 Å².